The SMILES string of the molecule is CC(C)c1ccc(CNn2cn[nH]c2=S)cc1. The van der Waals surface area contributed by atoms with Crippen LogP contribution in [-0.4, -0.2) is 14.9 Å². The number of hydrogen-bond donors (Lipinski definition) is 2. The highest BCUT2D eigenvalue weighted by Gasteiger charge is 1.99. The summed E-state index contributed by atoms with van der Waals surface area (Å²) in [5.41, 5.74) is 5.75. The Hall–Kier alpha value is -1.62. The number of hydrogen-bond acceptors (Lipinski definition) is 3. The number of benzene rings is 1. The smallest absolute Gasteiger partial charge is 0.214 e. The maximum Gasteiger partial charge on any atom is 0.214 e. The second-order valence-corrected chi connectivity index (χ2v) is 4.65. The van der Waals surface area contributed by atoms with Crippen molar-refractivity contribution in [1.82, 2.24) is 14.9 Å². The zero-order chi connectivity index (χ0) is 12.3. The van der Waals surface area contributed by atoms with E-state index in [0.29, 0.717) is 10.7 Å². The summed E-state index contributed by atoms with van der Waals surface area (Å²) in [6.45, 7) is 5.11. The van der Waals surface area contributed by atoms with Crippen LogP contribution < -0.4 is 5.43 Å². The highest BCUT2D eigenvalue weighted by molar-refractivity contribution is 7.71. The number of rotatable bonds is 4. The van der Waals surface area contributed by atoms with Crippen molar-refractivity contribution in [3.8, 4) is 0 Å². The lowest BCUT2D eigenvalue weighted by Gasteiger charge is -2.08. The molecule has 5 heteroatoms. The number of aromatic amines is 1. The predicted octanol–water partition coefficient (Wildman–Crippen LogP) is 2.81. The van der Waals surface area contributed by atoms with Crippen molar-refractivity contribution in [2.24, 2.45) is 0 Å². The van der Waals surface area contributed by atoms with Gasteiger partial charge in [-0.05, 0) is 29.3 Å². The number of nitrogens with one attached hydrogen (secondary N) is 2. The van der Waals surface area contributed by atoms with Crippen LogP contribution in [0.2, 0.25) is 0 Å². The summed E-state index contributed by atoms with van der Waals surface area (Å²) < 4.78 is 2.27. The molecule has 90 valence electrons. The van der Waals surface area contributed by atoms with Gasteiger partial charge in [-0.3, -0.25) is 5.10 Å². The van der Waals surface area contributed by atoms with Crippen LogP contribution in [0.15, 0.2) is 30.6 Å². The molecule has 0 aliphatic heterocycles. The van der Waals surface area contributed by atoms with Crippen LogP contribution >= 0.6 is 12.2 Å². The monoisotopic (exact) mass is 248 g/mol. The van der Waals surface area contributed by atoms with E-state index in [1.807, 2.05) is 0 Å². The minimum absolute atomic E-state index is 0.569. The molecular weight excluding hydrogens is 232 g/mol. The molecule has 0 aliphatic carbocycles. The van der Waals surface area contributed by atoms with E-state index in [9.17, 15) is 0 Å². The van der Waals surface area contributed by atoms with Gasteiger partial charge in [-0.15, -0.1) is 0 Å². The highest BCUT2D eigenvalue weighted by Crippen LogP contribution is 2.14. The van der Waals surface area contributed by atoms with Crippen molar-refractivity contribution in [2.75, 3.05) is 5.43 Å². The summed E-state index contributed by atoms with van der Waals surface area (Å²) >= 11 is 5.04. The Balaban J connectivity index is 2.00. The lowest BCUT2D eigenvalue weighted by atomic mass is 10.0. The Labute approximate surface area is 106 Å². The van der Waals surface area contributed by atoms with Crippen LogP contribution in [0.4, 0.5) is 0 Å². The minimum Gasteiger partial charge on any atom is -0.318 e. The van der Waals surface area contributed by atoms with Gasteiger partial charge in [0.15, 0.2) is 0 Å². The molecule has 0 spiro atoms. The van der Waals surface area contributed by atoms with E-state index in [0.717, 1.165) is 6.54 Å². The Bertz CT molecular complexity index is 524. The molecule has 0 unspecified atom stereocenters. The molecule has 1 heterocycles. The molecule has 2 aromatic rings. The van der Waals surface area contributed by atoms with Crippen molar-refractivity contribution < 1.29 is 0 Å². The van der Waals surface area contributed by atoms with Crippen LogP contribution in [0.5, 0.6) is 0 Å². The first kappa shape index (κ1) is 11.9. The molecule has 1 aromatic carbocycles. The fourth-order valence-corrected chi connectivity index (χ4v) is 1.72. The summed E-state index contributed by atoms with van der Waals surface area (Å²) in [5, 5.41) is 6.54. The van der Waals surface area contributed by atoms with Crippen LogP contribution in [-0.2, 0) is 6.54 Å². The van der Waals surface area contributed by atoms with Gasteiger partial charge in [-0.25, -0.2) is 4.68 Å². The largest absolute Gasteiger partial charge is 0.318 e. The Morgan fingerprint density at radius 1 is 1.35 bits per heavy atom. The normalized spacial score (nSPS) is 10.8. The second kappa shape index (κ2) is 5.14. The van der Waals surface area contributed by atoms with E-state index < -0.39 is 0 Å². The quantitative estimate of drug-likeness (QED) is 0.818. The molecular formula is C12H16N4S. The number of H-pyrrole nitrogens is 1. The molecule has 0 radical (unpaired) electrons. The average Bonchev–Trinajstić information content (AvgIpc) is 2.73. The van der Waals surface area contributed by atoms with Gasteiger partial charge >= 0.3 is 0 Å². The lowest BCUT2D eigenvalue weighted by Crippen LogP contribution is -2.13. The van der Waals surface area contributed by atoms with Gasteiger partial charge < -0.3 is 5.43 Å². The second-order valence-electron chi connectivity index (χ2n) is 4.26. The van der Waals surface area contributed by atoms with E-state index >= 15 is 0 Å². The average molecular weight is 248 g/mol. The Morgan fingerprint density at radius 2 is 2.06 bits per heavy atom. The first-order valence-corrected chi connectivity index (χ1v) is 6.02. The Kier molecular flexibility index (Phi) is 3.58. The van der Waals surface area contributed by atoms with Crippen molar-refractivity contribution in [3.05, 3.63) is 46.5 Å². The minimum atomic E-state index is 0.569. The summed E-state index contributed by atoms with van der Waals surface area (Å²) in [6, 6.07) is 8.59. The fourth-order valence-electron chi connectivity index (χ4n) is 1.56. The van der Waals surface area contributed by atoms with E-state index in [2.05, 4.69) is 53.7 Å². The molecule has 2 rings (SSSR count). The standard InChI is InChI=1S/C12H16N4S/c1-9(2)11-5-3-10(4-6-11)7-14-16-8-13-15-12(16)17/h3-6,8-9,14H,7H2,1-2H3,(H,15,17). The zero-order valence-corrected chi connectivity index (χ0v) is 10.8. The third-order valence-corrected chi connectivity index (χ3v) is 2.94. The van der Waals surface area contributed by atoms with Gasteiger partial charge in [0.2, 0.25) is 4.77 Å². The highest BCUT2D eigenvalue weighted by atomic mass is 32.1. The molecule has 0 amide bonds. The molecule has 0 saturated carbocycles. The zero-order valence-electron chi connectivity index (χ0n) is 9.97. The Morgan fingerprint density at radius 3 is 2.59 bits per heavy atom. The molecule has 0 saturated heterocycles. The molecule has 0 atom stereocenters. The van der Waals surface area contributed by atoms with Crippen molar-refractivity contribution in [2.45, 2.75) is 26.3 Å². The molecule has 0 fully saturated rings. The lowest BCUT2D eigenvalue weighted by molar-refractivity contribution is 0.821. The van der Waals surface area contributed by atoms with Crippen LogP contribution in [0.3, 0.4) is 0 Å². The maximum absolute atomic E-state index is 5.04. The number of nitrogens with zero attached hydrogens (tertiary/aromatic N) is 2. The first-order chi connectivity index (χ1) is 8.16. The summed E-state index contributed by atoms with van der Waals surface area (Å²) in [7, 11) is 0. The third-order valence-electron chi connectivity index (χ3n) is 2.65. The van der Waals surface area contributed by atoms with Gasteiger partial charge in [-0.2, -0.15) is 5.10 Å². The van der Waals surface area contributed by atoms with Crippen molar-refractivity contribution in [3.63, 3.8) is 0 Å². The molecule has 2 N–H and O–H groups in total. The predicted molar refractivity (Wildman–Crippen MR) is 71.0 cm³/mol. The van der Waals surface area contributed by atoms with Crippen LogP contribution in [0, 0.1) is 4.77 Å². The summed E-state index contributed by atoms with van der Waals surface area (Å²) in [4.78, 5) is 0. The van der Waals surface area contributed by atoms with E-state index in [1.165, 1.54) is 11.1 Å². The van der Waals surface area contributed by atoms with Crippen LogP contribution in [0.1, 0.15) is 30.9 Å². The first-order valence-electron chi connectivity index (χ1n) is 5.61. The van der Waals surface area contributed by atoms with Gasteiger partial charge in [-0.1, -0.05) is 38.1 Å². The van der Waals surface area contributed by atoms with Gasteiger partial charge in [0, 0.05) is 0 Å². The van der Waals surface area contributed by atoms with Crippen LogP contribution in [0.25, 0.3) is 0 Å². The fraction of sp³-hybridized carbons (Fsp3) is 0.333. The molecule has 0 aliphatic rings. The van der Waals surface area contributed by atoms with Gasteiger partial charge in [0.1, 0.15) is 6.33 Å². The molecule has 4 nitrogen and oxygen atoms in total. The summed E-state index contributed by atoms with van der Waals surface area (Å²) in [5.74, 6) is 0.569. The molecule has 1 aromatic heterocycles. The topological polar surface area (TPSA) is 45.6 Å². The number of aromatic nitrogens is 3. The van der Waals surface area contributed by atoms with E-state index in [4.69, 9.17) is 12.2 Å². The summed E-state index contributed by atoms with van der Waals surface area (Å²) in [6.07, 6.45) is 1.63. The molecule has 17 heavy (non-hydrogen) atoms. The van der Waals surface area contributed by atoms with Crippen molar-refractivity contribution >= 4 is 12.2 Å². The van der Waals surface area contributed by atoms with E-state index in [-0.39, 0.29) is 0 Å². The third kappa shape index (κ3) is 2.94. The van der Waals surface area contributed by atoms with Crippen molar-refractivity contribution in [1.29, 1.82) is 0 Å². The maximum atomic E-state index is 5.04. The van der Waals surface area contributed by atoms with Gasteiger partial charge in [0.25, 0.3) is 0 Å². The van der Waals surface area contributed by atoms with E-state index in [1.54, 1.807) is 11.0 Å². The molecule has 0 bridgehead atoms. The van der Waals surface area contributed by atoms with Gasteiger partial charge in [0.05, 0.1) is 6.54 Å².